The largest absolute Gasteiger partial charge is 0.472 e. The Bertz CT molecular complexity index is 836. The molecule has 6 atom stereocenters. The third kappa shape index (κ3) is 1.85. The van der Waals surface area contributed by atoms with Crippen molar-refractivity contribution < 1.29 is 28.6 Å². The van der Waals surface area contributed by atoms with Crippen LogP contribution >= 0.6 is 0 Å². The van der Waals surface area contributed by atoms with Gasteiger partial charge in [-0.05, 0) is 30.2 Å². The monoisotopic (exact) mass is 356 g/mol. The molecule has 5 rings (SSSR count). The molecule has 4 aliphatic rings. The lowest BCUT2D eigenvalue weighted by Crippen LogP contribution is -2.61. The van der Waals surface area contributed by atoms with Gasteiger partial charge in [0.1, 0.15) is 12.7 Å². The maximum absolute atomic E-state index is 12.8. The van der Waals surface area contributed by atoms with Crippen LogP contribution in [0.3, 0.4) is 0 Å². The fourth-order valence-electron chi connectivity index (χ4n) is 5.74. The van der Waals surface area contributed by atoms with Crippen molar-refractivity contribution >= 4 is 11.9 Å². The summed E-state index contributed by atoms with van der Waals surface area (Å²) in [6, 6.07) is 1.79. The minimum atomic E-state index is -0.876. The second-order valence-corrected chi connectivity index (χ2v) is 8.12. The number of ether oxygens (including phenoxy) is 2. The molecular weight excluding hydrogens is 336 g/mol. The maximum atomic E-state index is 12.8. The van der Waals surface area contributed by atoms with E-state index in [2.05, 4.69) is 6.08 Å². The third-order valence-electron chi connectivity index (χ3n) is 6.81. The summed E-state index contributed by atoms with van der Waals surface area (Å²) in [6.07, 6.45) is 8.44. The zero-order chi connectivity index (χ0) is 18.1. The molecule has 2 aliphatic carbocycles. The Morgan fingerprint density at radius 3 is 2.88 bits per heavy atom. The van der Waals surface area contributed by atoms with Gasteiger partial charge in [0.05, 0.1) is 24.5 Å². The number of fused-ring (bicyclic) bond motifs is 2. The summed E-state index contributed by atoms with van der Waals surface area (Å²) >= 11 is 0. The molecule has 0 aromatic carbocycles. The van der Waals surface area contributed by atoms with E-state index in [0.29, 0.717) is 18.4 Å². The number of aliphatic hydroxyl groups is 1. The van der Waals surface area contributed by atoms with E-state index in [4.69, 9.17) is 13.9 Å². The lowest BCUT2D eigenvalue weighted by atomic mass is 9.46. The van der Waals surface area contributed by atoms with Gasteiger partial charge in [-0.3, -0.25) is 4.79 Å². The molecule has 26 heavy (non-hydrogen) atoms. The van der Waals surface area contributed by atoms with E-state index in [1.807, 2.05) is 13.0 Å². The molecule has 1 aromatic rings. The molecule has 6 heteroatoms. The number of carbonyl (C=O) groups excluding carboxylic acids is 2. The molecular formula is C20H20O6. The fourth-order valence-corrected chi connectivity index (χ4v) is 5.74. The lowest BCUT2D eigenvalue weighted by molar-refractivity contribution is -0.203. The van der Waals surface area contributed by atoms with Crippen molar-refractivity contribution in [3.8, 4) is 0 Å². The molecule has 1 saturated carbocycles. The topological polar surface area (TPSA) is 86.0 Å². The van der Waals surface area contributed by atoms with Gasteiger partial charge in [-0.25, -0.2) is 4.79 Å². The Labute approximate surface area is 150 Å². The van der Waals surface area contributed by atoms with E-state index in [9.17, 15) is 14.7 Å². The Morgan fingerprint density at radius 2 is 2.12 bits per heavy atom. The quantitative estimate of drug-likeness (QED) is 0.777. The van der Waals surface area contributed by atoms with E-state index >= 15 is 0 Å². The molecule has 3 heterocycles. The summed E-state index contributed by atoms with van der Waals surface area (Å²) in [5.41, 5.74) is 0.289. The van der Waals surface area contributed by atoms with Crippen LogP contribution in [0.25, 0.3) is 0 Å². The number of allylic oxidation sites excluding steroid dienone is 3. The summed E-state index contributed by atoms with van der Waals surface area (Å²) in [4.78, 5) is 25.1. The first-order valence-electron chi connectivity index (χ1n) is 8.92. The van der Waals surface area contributed by atoms with Crippen LogP contribution in [0.4, 0.5) is 0 Å². The second-order valence-electron chi connectivity index (χ2n) is 8.12. The van der Waals surface area contributed by atoms with Crippen LogP contribution in [-0.4, -0.2) is 29.8 Å². The van der Waals surface area contributed by atoms with Crippen LogP contribution in [0.15, 0.2) is 46.8 Å². The molecule has 0 unspecified atom stereocenters. The van der Waals surface area contributed by atoms with Crippen molar-refractivity contribution in [3.63, 3.8) is 0 Å². The Morgan fingerprint density at radius 1 is 1.27 bits per heavy atom. The highest BCUT2D eigenvalue weighted by Crippen LogP contribution is 2.65. The molecule has 0 bridgehead atoms. The van der Waals surface area contributed by atoms with Crippen molar-refractivity contribution in [2.75, 3.05) is 6.61 Å². The van der Waals surface area contributed by atoms with E-state index in [1.165, 1.54) is 0 Å². The molecule has 6 nitrogen and oxygen atoms in total. The van der Waals surface area contributed by atoms with Gasteiger partial charge in [-0.1, -0.05) is 25.2 Å². The number of aliphatic hydroxyl groups excluding tert-OH is 1. The minimum absolute atomic E-state index is 0.0860. The highest BCUT2D eigenvalue weighted by Gasteiger charge is 2.67. The summed E-state index contributed by atoms with van der Waals surface area (Å²) in [7, 11) is 0. The number of furan rings is 1. The maximum Gasteiger partial charge on any atom is 0.334 e. The van der Waals surface area contributed by atoms with E-state index < -0.39 is 29.0 Å². The van der Waals surface area contributed by atoms with Gasteiger partial charge in [0, 0.05) is 16.6 Å². The zero-order valence-electron chi connectivity index (χ0n) is 14.4. The molecule has 1 N–H and O–H groups in total. The first-order valence-corrected chi connectivity index (χ1v) is 8.92. The van der Waals surface area contributed by atoms with Crippen molar-refractivity contribution in [3.05, 3.63) is 48.0 Å². The van der Waals surface area contributed by atoms with E-state index in [0.717, 1.165) is 5.56 Å². The Hall–Kier alpha value is -2.34. The molecule has 2 aliphatic heterocycles. The number of cyclic esters (lactones) is 2. The molecule has 2 saturated heterocycles. The Kier molecular flexibility index (Phi) is 3.11. The van der Waals surface area contributed by atoms with Gasteiger partial charge in [-0.2, -0.15) is 0 Å². The fraction of sp³-hybridized carbons (Fsp3) is 0.500. The summed E-state index contributed by atoms with van der Waals surface area (Å²) in [5.74, 6) is -1.42. The predicted octanol–water partition coefficient (Wildman–Crippen LogP) is 2.31. The number of hydrogen-bond donors (Lipinski definition) is 1. The van der Waals surface area contributed by atoms with Crippen LogP contribution < -0.4 is 0 Å². The van der Waals surface area contributed by atoms with Gasteiger partial charge in [0.25, 0.3) is 0 Å². The van der Waals surface area contributed by atoms with Crippen LogP contribution in [0.1, 0.15) is 31.4 Å². The smallest absolute Gasteiger partial charge is 0.334 e. The number of rotatable bonds is 1. The summed E-state index contributed by atoms with van der Waals surface area (Å²) in [6.45, 7) is 2.27. The Balaban J connectivity index is 1.61. The number of esters is 2. The van der Waals surface area contributed by atoms with Crippen molar-refractivity contribution in [1.29, 1.82) is 0 Å². The van der Waals surface area contributed by atoms with E-state index in [1.54, 1.807) is 24.7 Å². The first kappa shape index (κ1) is 15.9. The van der Waals surface area contributed by atoms with Crippen LogP contribution in [0.5, 0.6) is 0 Å². The molecule has 0 amide bonds. The van der Waals surface area contributed by atoms with Crippen LogP contribution in [0.2, 0.25) is 0 Å². The number of hydrogen-bond acceptors (Lipinski definition) is 6. The van der Waals surface area contributed by atoms with Crippen molar-refractivity contribution in [2.24, 2.45) is 22.7 Å². The average molecular weight is 356 g/mol. The van der Waals surface area contributed by atoms with Gasteiger partial charge < -0.3 is 19.0 Å². The number of carbonyl (C=O) groups is 2. The zero-order valence-corrected chi connectivity index (χ0v) is 14.4. The normalized spacial score (nSPS) is 43.7. The highest BCUT2D eigenvalue weighted by molar-refractivity contribution is 5.93. The minimum Gasteiger partial charge on any atom is -0.472 e. The SMILES string of the molecule is C[C@]12C[C@H](c3ccoc3)OC(=O)[C@@H]1[C@H](O)C[C@@]13COC(=O)C1=CC=C[C@H]32. The highest BCUT2D eigenvalue weighted by atomic mass is 16.6. The third-order valence-corrected chi connectivity index (χ3v) is 6.81. The molecule has 0 radical (unpaired) electrons. The van der Waals surface area contributed by atoms with Gasteiger partial charge in [0.2, 0.25) is 0 Å². The van der Waals surface area contributed by atoms with Gasteiger partial charge >= 0.3 is 11.9 Å². The first-order chi connectivity index (χ1) is 12.5. The van der Waals surface area contributed by atoms with E-state index in [-0.39, 0.29) is 24.5 Å². The van der Waals surface area contributed by atoms with Crippen LogP contribution in [0, 0.1) is 22.7 Å². The lowest BCUT2D eigenvalue weighted by Gasteiger charge is -2.58. The standard InChI is InChI=1S/C20H20O6/c1-19-8-14(11-5-6-24-9-11)26-18(23)16(19)13(21)7-20-10-25-17(22)12(20)3-2-4-15(19)20/h2-6,9,13-16,21H,7-8,10H2,1H3/t13-,14-,15+,16+,19-,20-/m1/s1. The predicted molar refractivity (Wildman–Crippen MR) is 88.5 cm³/mol. The molecule has 3 fully saturated rings. The van der Waals surface area contributed by atoms with Gasteiger partial charge in [-0.15, -0.1) is 0 Å². The van der Waals surface area contributed by atoms with Gasteiger partial charge in [0.15, 0.2) is 0 Å². The van der Waals surface area contributed by atoms with Crippen molar-refractivity contribution in [2.45, 2.75) is 32.0 Å². The summed E-state index contributed by atoms with van der Waals surface area (Å²) in [5, 5.41) is 10.9. The van der Waals surface area contributed by atoms with Crippen molar-refractivity contribution in [1.82, 2.24) is 0 Å². The summed E-state index contributed by atoms with van der Waals surface area (Å²) < 4.78 is 16.2. The van der Waals surface area contributed by atoms with Crippen LogP contribution in [-0.2, 0) is 19.1 Å². The molecule has 1 spiro atoms. The molecule has 136 valence electrons. The average Bonchev–Trinajstić information content (AvgIpc) is 3.22. The second kappa shape index (κ2) is 5.10. The molecule has 1 aromatic heterocycles.